The fourth-order valence-corrected chi connectivity index (χ4v) is 5.76. The quantitative estimate of drug-likeness (QED) is 0.514. The Bertz CT molecular complexity index is 1310. The molecule has 3 aliphatic rings. The van der Waals surface area contributed by atoms with Crippen LogP contribution < -0.4 is 9.80 Å². The topological polar surface area (TPSA) is 93.2 Å². The van der Waals surface area contributed by atoms with Gasteiger partial charge >= 0.3 is 11.9 Å². The lowest BCUT2D eigenvalue weighted by molar-refractivity contribution is -0.149. The molecule has 2 aromatic rings. The number of benzene rings is 2. The molecule has 1 fully saturated rings. The van der Waals surface area contributed by atoms with Crippen LogP contribution in [-0.2, 0) is 34.1 Å². The molecule has 8 heteroatoms. The minimum absolute atomic E-state index is 0.0615. The van der Waals surface area contributed by atoms with E-state index >= 15 is 0 Å². The molecular weight excluding hydrogens is 436 g/mol. The van der Waals surface area contributed by atoms with E-state index in [0.29, 0.717) is 16.9 Å². The molecule has 2 heterocycles. The van der Waals surface area contributed by atoms with Crippen molar-refractivity contribution in [3.63, 3.8) is 0 Å². The van der Waals surface area contributed by atoms with Gasteiger partial charge in [0.25, 0.3) is 5.91 Å². The fraction of sp³-hybridized carbons (Fsp3) is 0.308. The number of nitrogens with zero attached hydrogens (tertiary/aromatic N) is 2. The van der Waals surface area contributed by atoms with Gasteiger partial charge in [0.05, 0.1) is 41.9 Å². The van der Waals surface area contributed by atoms with Gasteiger partial charge in [0, 0.05) is 25.3 Å². The predicted octanol–water partition coefficient (Wildman–Crippen LogP) is 2.46. The standard InChI is InChI=1S/C26H24N2O6/c1-27-18-11-7-5-9-15(18)20(21(27)29)16(22(30)33-3)13-25(24(32)34-4)14-26(25)17-10-6-8-12-19(17)28(2)23(26)31/h5-12H,13-14H2,1-4H3/b20-16+/t25-,26-/m0/s1. The van der Waals surface area contributed by atoms with E-state index in [0.717, 1.165) is 5.56 Å². The first kappa shape index (κ1) is 21.9. The Kier molecular flexibility index (Phi) is 4.69. The van der Waals surface area contributed by atoms with Crippen LogP contribution in [0, 0.1) is 5.41 Å². The van der Waals surface area contributed by atoms with E-state index in [-0.39, 0.29) is 35.8 Å². The number of fused-ring (bicyclic) bond motifs is 3. The van der Waals surface area contributed by atoms with Crippen LogP contribution >= 0.6 is 0 Å². The first-order valence-electron chi connectivity index (χ1n) is 10.9. The fourth-order valence-electron chi connectivity index (χ4n) is 5.76. The normalized spacial score (nSPS) is 25.9. The molecule has 0 bridgehead atoms. The molecular formula is C26H24N2O6. The van der Waals surface area contributed by atoms with Crippen molar-refractivity contribution in [2.24, 2.45) is 5.41 Å². The van der Waals surface area contributed by atoms with Crippen LogP contribution in [-0.4, -0.2) is 52.1 Å². The first-order valence-corrected chi connectivity index (χ1v) is 10.9. The van der Waals surface area contributed by atoms with Gasteiger partial charge in [-0.2, -0.15) is 0 Å². The Balaban J connectivity index is 1.72. The molecule has 0 saturated heterocycles. The summed E-state index contributed by atoms with van der Waals surface area (Å²) in [7, 11) is 5.79. The maximum absolute atomic E-state index is 13.5. The third-order valence-electron chi connectivity index (χ3n) is 7.50. The van der Waals surface area contributed by atoms with E-state index in [2.05, 4.69) is 0 Å². The summed E-state index contributed by atoms with van der Waals surface area (Å²) in [5.74, 6) is -1.92. The number of hydrogen-bond acceptors (Lipinski definition) is 6. The lowest BCUT2D eigenvalue weighted by atomic mass is 9.81. The number of ether oxygens (including phenoxy) is 2. The van der Waals surface area contributed by atoms with Crippen LogP contribution in [0.15, 0.2) is 54.1 Å². The van der Waals surface area contributed by atoms with Crippen LogP contribution in [0.5, 0.6) is 0 Å². The highest BCUT2D eigenvalue weighted by atomic mass is 16.5. The number of methoxy groups -OCH3 is 2. The van der Waals surface area contributed by atoms with Crippen LogP contribution in [0.4, 0.5) is 11.4 Å². The molecule has 1 saturated carbocycles. The monoisotopic (exact) mass is 460 g/mol. The van der Waals surface area contributed by atoms with Crippen molar-refractivity contribution < 1.29 is 28.7 Å². The lowest BCUT2D eigenvalue weighted by Crippen LogP contribution is -2.37. The van der Waals surface area contributed by atoms with Crippen molar-refractivity contribution in [1.29, 1.82) is 0 Å². The van der Waals surface area contributed by atoms with Gasteiger partial charge < -0.3 is 19.3 Å². The van der Waals surface area contributed by atoms with Crippen molar-refractivity contribution in [2.45, 2.75) is 18.3 Å². The summed E-state index contributed by atoms with van der Waals surface area (Å²) in [6.07, 6.45) is 0.00974. The SMILES string of the molecule is COC(=O)/C(C[C@@]1(C(=O)OC)C[C@]12C(=O)N(C)c1ccccc12)=C1/C(=O)N(C)c2ccccc21. The minimum atomic E-state index is -1.34. The molecule has 174 valence electrons. The smallest absolute Gasteiger partial charge is 0.334 e. The second-order valence-electron chi connectivity index (χ2n) is 8.94. The van der Waals surface area contributed by atoms with Crippen molar-refractivity contribution in [3.8, 4) is 0 Å². The van der Waals surface area contributed by atoms with Crippen LogP contribution in [0.1, 0.15) is 24.0 Å². The number of carbonyl (C=O) groups excluding carboxylic acids is 4. The van der Waals surface area contributed by atoms with Crippen LogP contribution in [0.25, 0.3) is 5.57 Å². The average molecular weight is 460 g/mol. The highest BCUT2D eigenvalue weighted by molar-refractivity contribution is 6.36. The largest absolute Gasteiger partial charge is 0.469 e. The molecule has 34 heavy (non-hydrogen) atoms. The molecule has 2 atom stereocenters. The number of likely N-dealkylation sites (N-methyl/N-ethyl adjacent to an activating group) is 2. The third-order valence-corrected chi connectivity index (χ3v) is 7.50. The van der Waals surface area contributed by atoms with Crippen molar-refractivity contribution in [1.82, 2.24) is 0 Å². The van der Waals surface area contributed by atoms with E-state index in [1.54, 1.807) is 38.4 Å². The Labute approximate surface area is 196 Å². The molecule has 1 aliphatic carbocycles. The number of rotatable bonds is 4. The summed E-state index contributed by atoms with van der Waals surface area (Å²) < 4.78 is 10.2. The molecule has 0 radical (unpaired) electrons. The number of hydrogen-bond donors (Lipinski definition) is 0. The van der Waals surface area contributed by atoms with Crippen molar-refractivity contribution >= 4 is 40.7 Å². The van der Waals surface area contributed by atoms with Gasteiger partial charge in [0.15, 0.2) is 0 Å². The zero-order valence-electron chi connectivity index (χ0n) is 19.4. The van der Waals surface area contributed by atoms with E-state index in [9.17, 15) is 19.2 Å². The second-order valence-corrected chi connectivity index (χ2v) is 8.94. The Hall–Kier alpha value is -3.94. The second kappa shape index (κ2) is 7.28. The Morgan fingerprint density at radius 3 is 2.24 bits per heavy atom. The Morgan fingerprint density at radius 1 is 0.912 bits per heavy atom. The van der Waals surface area contributed by atoms with Gasteiger partial charge in [-0.05, 0) is 30.5 Å². The highest BCUT2D eigenvalue weighted by Crippen LogP contribution is 2.72. The van der Waals surface area contributed by atoms with Crippen molar-refractivity contribution in [2.75, 3.05) is 38.1 Å². The van der Waals surface area contributed by atoms with Gasteiger partial charge in [-0.1, -0.05) is 36.4 Å². The van der Waals surface area contributed by atoms with Gasteiger partial charge in [-0.25, -0.2) is 4.79 Å². The number of carbonyl (C=O) groups is 4. The zero-order chi connectivity index (χ0) is 24.4. The van der Waals surface area contributed by atoms with Crippen LogP contribution in [0.2, 0.25) is 0 Å². The van der Waals surface area contributed by atoms with E-state index < -0.39 is 22.8 Å². The van der Waals surface area contributed by atoms with E-state index in [1.165, 1.54) is 24.0 Å². The van der Waals surface area contributed by atoms with Gasteiger partial charge in [0.2, 0.25) is 5.91 Å². The zero-order valence-corrected chi connectivity index (χ0v) is 19.4. The predicted molar refractivity (Wildman–Crippen MR) is 124 cm³/mol. The molecule has 0 unspecified atom stereocenters. The third kappa shape index (κ3) is 2.53. The number of esters is 2. The summed E-state index contributed by atoms with van der Waals surface area (Å²) in [5, 5.41) is 0. The summed E-state index contributed by atoms with van der Waals surface area (Å²) in [6, 6.07) is 14.4. The van der Waals surface area contributed by atoms with E-state index in [1.807, 2.05) is 24.3 Å². The maximum atomic E-state index is 13.5. The molecule has 5 rings (SSSR count). The minimum Gasteiger partial charge on any atom is -0.469 e. The Morgan fingerprint density at radius 2 is 1.56 bits per heavy atom. The van der Waals surface area contributed by atoms with Crippen LogP contribution in [0.3, 0.4) is 0 Å². The highest BCUT2D eigenvalue weighted by Gasteiger charge is 2.80. The molecule has 2 aromatic carbocycles. The maximum Gasteiger partial charge on any atom is 0.334 e. The molecule has 8 nitrogen and oxygen atoms in total. The number of amides is 2. The average Bonchev–Trinajstić information content (AvgIpc) is 3.42. The van der Waals surface area contributed by atoms with Gasteiger partial charge in [-0.3, -0.25) is 14.4 Å². The van der Waals surface area contributed by atoms with Gasteiger partial charge in [0.1, 0.15) is 0 Å². The first-order chi connectivity index (χ1) is 16.2. The van der Waals surface area contributed by atoms with E-state index in [4.69, 9.17) is 9.47 Å². The molecule has 2 amide bonds. The molecule has 1 spiro atoms. The molecule has 0 aromatic heterocycles. The summed E-state index contributed by atoms with van der Waals surface area (Å²) in [6.45, 7) is 0. The summed E-state index contributed by atoms with van der Waals surface area (Å²) in [5.41, 5.74) is 0.410. The summed E-state index contributed by atoms with van der Waals surface area (Å²) in [4.78, 5) is 56.2. The van der Waals surface area contributed by atoms with Crippen molar-refractivity contribution in [3.05, 3.63) is 65.2 Å². The molecule has 2 aliphatic heterocycles. The summed E-state index contributed by atoms with van der Waals surface area (Å²) >= 11 is 0. The number of anilines is 2. The van der Waals surface area contributed by atoms with Gasteiger partial charge in [-0.15, -0.1) is 0 Å². The molecule has 0 N–H and O–H groups in total. The number of para-hydroxylation sites is 2. The lowest BCUT2D eigenvalue weighted by Gasteiger charge is -2.22.